The van der Waals surface area contributed by atoms with E-state index in [1.807, 2.05) is 42.2 Å². The van der Waals surface area contributed by atoms with Gasteiger partial charge >= 0.3 is 0 Å². The zero-order chi connectivity index (χ0) is 24.2. The second kappa shape index (κ2) is 9.92. The number of nitrogens with zero attached hydrogens (tertiary/aromatic N) is 5. The van der Waals surface area contributed by atoms with E-state index < -0.39 is 4.92 Å². The molecule has 0 saturated carbocycles. The fourth-order valence-electron chi connectivity index (χ4n) is 3.65. The standard InChI is InChI=1S/C23H23ClN6O4/c1-15-13-21(26-16-3-6-18(34-2)7-4-16)27-23(25-15)29-11-9-28(10-12-29)22(31)19-8-5-17(30(32)33)14-20(19)24/h3-8,13-14H,9-12H2,1-2H3,(H,25,26,27). The predicted molar refractivity (Wildman–Crippen MR) is 129 cm³/mol. The van der Waals surface area contributed by atoms with Crippen LogP contribution in [0.2, 0.25) is 5.02 Å². The number of piperazine rings is 1. The van der Waals surface area contributed by atoms with Gasteiger partial charge in [0.05, 0.1) is 22.6 Å². The highest BCUT2D eigenvalue weighted by atomic mass is 35.5. The molecule has 0 aliphatic carbocycles. The van der Waals surface area contributed by atoms with Crippen LogP contribution < -0.4 is 15.0 Å². The first-order valence-corrected chi connectivity index (χ1v) is 11.0. The van der Waals surface area contributed by atoms with Gasteiger partial charge in [-0.05, 0) is 37.3 Å². The SMILES string of the molecule is COc1ccc(Nc2cc(C)nc(N3CCN(C(=O)c4ccc([N+](=O)[O-])cc4Cl)CC3)n2)cc1. The number of hydrogen-bond donors (Lipinski definition) is 1. The number of amides is 1. The van der Waals surface area contributed by atoms with Crippen molar-refractivity contribution in [3.05, 3.63) is 74.9 Å². The maximum absolute atomic E-state index is 12.9. The van der Waals surface area contributed by atoms with Crippen molar-refractivity contribution in [2.75, 3.05) is 43.5 Å². The molecule has 1 aliphatic heterocycles. The summed E-state index contributed by atoms with van der Waals surface area (Å²) in [7, 11) is 1.62. The highest BCUT2D eigenvalue weighted by Gasteiger charge is 2.26. The quantitative estimate of drug-likeness (QED) is 0.413. The van der Waals surface area contributed by atoms with Crippen molar-refractivity contribution in [2.45, 2.75) is 6.92 Å². The zero-order valence-electron chi connectivity index (χ0n) is 18.7. The molecule has 0 atom stereocenters. The van der Waals surface area contributed by atoms with Crippen LogP contribution in [-0.4, -0.2) is 59.0 Å². The molecule has 1 N–H and O–H groups in total. The van der Waals surface area contributed by atoms with Crippen molar-refractivity contribution in [1.82, 2.24) is 14.9 Å². The molecule has 0 unspecified atom stereocenters. The van der Waals surface area contributed by atoms with Crippen LogP contribution in [0, 0.1) is 17.0 Å². The second-order valence-electron chi connectivity index (χ2n) is 7.75. The van der Waals surface area contributed by atoms with Gasteiger partial charge in [0.1, 0.15) is 11.6 Å². The number of ether oxygens (including phenoxy) is 1. The van der Waals surface area contributed by atoms with Crippen LogP contribution in [0.25, 0.3) is 0 Å². The van der Waals surface area contributed by atoms with Crippen molar-refractivity contribution in [2.24, 2.45) is 0 Å². The second-order valence-corrected chi connectivity index (χ2v) is 8.16. The van der Waals surface area contributed by atoms with Crippen LogP contribution in [0.5, 0.6) is 5.75 Å². The molecule has 176 valence electrons. The normalized spacial score (nSPS) is 13.5. The molecule has 1 saturated heterocycles. The van der Waals surface area contributed by atoms with Crippen LogP contribution in [-0.2, 0) is 0 Å². The number of rotatable bonds is 6. The Labute approximate surface area is 201 Å². The Morgan fingerprint density at radius 1 is 1.09 bits per heavy atom. The van der Waals surface area contributed by atoms with Gasteiger partial charge in [-0.3, -0.25) is 14.9 Å². The highest BCUT2D eigenvalue weighted by Crippen LogP contribution is 2.25. The number of benzene rings is 2. The number of aryl methyl sites for hydroxylation is 1. The van der Waals surface area contributed by atoms with E-state index in [9.17, 15) is 14.9 Å². The van der Waals surface area contributed by atoms with Crippen molar-refractivity contribution in [3.8, 4) is 5.75 Å². The molecule has 1 aliphatic rings. The Hall–Kier alpha value is -3.92. The minimum atomic E-state index is -0.543. The van der Waals surface area contributed by atoms with Crippen LogP contribution in [0.4, 0.5) is 23.1 Å². The van der Waals surface area contributed by atoms with Crippen LogP contribution in [0.3, 0.4) is 0 Å². The molecule has 1 fully saturated rings. The van der Waals surface area contributed by atoms with Gasteiger partial charge in [-0.15, -0.1) is 0 Å². The van der Waals surface area contributed by atoms with Crippen LogP contribution in [0.15, 0.2) is 48.5 Å². The summed E-state index contributed by atoms with van der Waals surface area (Å²) in [4.78, 5) is 36.2. The topological polar surface area (TPSA) is 114 Å². The average Bonchev–Trinajstić information content (AvgIpc) is 2.83. The molecule has 0 radical (unpaired) electrons. The van der Waals surface area contributed by atoms with E-state index in [2.05, 4.69) is 15.3 Å². The van der Waals surface area contributed by atoms with E-state index in [0.29, 0.717) is 37.9 Å². The number of halogens is 1. The fraction of sp³-hybridized carbons (Fsp3) is 0.261. The summed E-state index contributed by atoms with van der Waals surface area (Å²) in [5.74, 6) is 1.76. The summed E-state index contributed by atoms with van der Waals surface area (Å²) >= 11 is 6.13. The van der Waals surface area contributed by atoms with Gasteiger partial charge in [0.25, 0.3) is 11.6 Å². The summed E-state index contributed by atoms with van der Waals surface area (Å²) in [5, 5.41) is 14.3. The van der Waals surface area contributed by atoms with Crippen molar-refractivity contribution >= 4 is 40.6 Å². The summed E-state index contributed by atoms with van der Waals surface area (Å²) in [6, 6.07) is 13.3. The Kier molecular flexibility index (Phi) is 6.78. The fourth-order valence-corrected chi connectivity index (χ4v) is 3.91. The average molecular weight is 483 g/mol. The van der Waals surface area contributed by atoms with Gasteiger partial charge in [0.2, 0.25) is 5.95 Å². The van der Waals surface area contributed by atoms with E-state index in [1.54, 1.807) is 12.0 Å². The molecule has 34 heavy (non-hydrogen) atoms. The van der Waals surface area contributed by atoms with Gasteiger partial charge in [0, 0.05) is 55.8 Å². The molecule has 11 heteroatoms. The number of anilines is 3. The summed E-state index contributed by atoms with van der Waals surface area (Å²) in [6.07, 6.45) is 0. The first-order valence-electron chi connectivity index (χ1n) is 10.6. The molecule has 4 rings (SSSR count). The number of aromatic nitrogens is 2. The Bertz CT molecular complexity index is 1210. The minimum absolute atomic E-state index is 0.0675. The molecule has 10 nitrogen and oxygen atoms in total. The first kappa shape index (κ1) is 23.2. The van der Waals surface area contributed by atoms with Gasteiger partial charge in [-0.2, -0.15) is 4.98 Å². The largest absolute Gasteiger partial charge is 0.497 e. The van der Waals surface area contributed by atoms with E-state index in [4.69, 9.17) is 16.3 Å². The molecule has 0 bridgehead atoms. The Balaban J connectivity index is 1.42. The predicted octanol–water partition coefficient (Wildman–Crippen LogP) is 4.06. The lowest BCUT2D eigenvalue weighted by molar-refractivity contribution is -0.384. The summed E-state index contributed by atoms with van der Waals surface area (Å²) < 4.78 is 5.19. The molecular weight excluding hydrogens is 460 g/mol. The lowest BCUT2D eigenvalue weighted by Crippen LogP contribution is -2.49. The maximum Gasteiger partial charge on any atom is 0.270 e. The van der Waals surface area contributed by atoms with E-state index in [1.165, 1.54) is 18.2 Å². The van der Waals surface area contributed by atoms with Gasteiger partial charge in [-0.25, -0.2) is 4.98 Å². The van der Waals surface area contributed by atoms with Crippen molar-refractivity contribution in [3.63, 3.8) is 0 Å². The molecule has 0 spiro atoms. The van der Waals surface area contributed by atoms with Crippen molar-refractivity contribution < 1.29 is 14.5 Å². The monoisotopic (exact) mass is 482 g/mol. The molecule has 2 aromatic carbocycles. The van der Waals surface area contributed by atoms with Crippen LogP contribution >= 0.6 is 11.6 Å². The number of nitro groups is 1. The number of hydrogen-bond acceptors (Lipinski definition) is 8. The highest BCUT2D eigenvalue weighted by molar-refractivity contribution is 6.34. The lowest BCUT2D eigenvalue weighted by atomic mass is 10.1. The maximum atomic E-state index is 12.9. The molecule has 2 heterocycles. The van der Waals surface area contributed by atoms with E-state index >= 15 is 0 Å². The summed E-state index contributed by atoms with van der Waals surface area (Å²) in [5.41, 5.74) is 1.79. The van der Waals surface area contributed by atoms with E-state index in [-0.39, 0.29) is 22.2 Å². The summed E-state index contributed by atoms with van der Waals surface area (Å²) in [6.45, 7) is 3.89. The molecular formula is C23H23ClN6O4. The van der Waals surface area contributed by atoms with Gasteiger partial charge < -0.3 is 19.9 Å². The number of nitrogens with one attached hydrogen (secondary N) is 1. The minimum Gasteiger partial charge on any atom is -0.497 e. The number of methoxy groups -OCH3 is 1. The molecule has 1 amide bonds. The third kappa shape index (κ3) is 5.18. The van der Waals surface area contributed by atoms with Gasteiger partial charge in [0.15, 0.2) is 0 Å². The number of carbonyl (C=O) groups is 1. The molecule has 3 aromatic rings. The molecule has 1 aromatic heterocycles. The zero-order valence-corrected chi connectivity index (χ0v) is 19.5. The lowest BCUT2D eigenvalue weighted by Gasteiger charge is -2.35. The van der Waals surface area contributed by atoms with Crippen LogP contribution in [0.1, 0.15) is 16.1 Å². The van der Waals surface area contributed by atoms with E-state index in [0.717, 1.165) is 17.1 Å². The van der Waals surface area contributed by atoms with Gasteiger partial charge in [-0.1, -0.05) is 11.6 Å². The third-order valence-electron chi connectivity index (χ3n) is 5.45. The third-order valence-corrected chi connectivity index (χ3v) is 5.76. The Morgan fingerprint density at radius 2 is 1.79 bits per heavy atom. The number of non-ortho nitro benzene ring substituents is 1. The smallest absolute Gasteiger partial charge is 0.270 e. The first-order chi connectivity index (χ1) is 16.3. The number of carbonyl (C=O) groups excluding carboxylic acids is 1. The van der Waals surface area contributed by atoms with Crippen molar-refractivity contribution in [1.29, 1.82) is 0 Å². The number of nitro benzene ring substituents is 1. The Morgan fingerprint density at radius 3 is 2.41 bits per heavy atom.